The van der Waals surface area contributed by atoms with E-state index in [1.165, 1.54) is 4.88 Å². The Hall–Kier alpha value is -2.74. The second kappa shape index (κ2) is 9.60. The first-order valence-corrected chi connectivity index (χ1v) is 11.7. The Morgan fingerprint density at radius 1 is 1.29 bits per heavy atom. The summed E-state index contributed by atoms with van der Waals surface area (Å²) in [6, 6.07) is 8.08. The average molecular weight is 441 g/mol. The first-order chi connectivity index (χ1) is 15.0. The van der Waals surface area contributed by atoms with E-state index in [0.717, 1.165) is 59.9 Å². The number of nitrogens with one attached hydrogen (secondary N) is 1. The molecule has 1 saturated carbocycles. The van der Waals surface area contributed by atoms with Crippen LogP contribution in [-0.2, 0) is 11.2 Å². The fourth-order valence-corrected chi connectivity index (χ4v) is 5.36. The smallest absolute Gasteiger partial charge is 0.306 e. The topological polar surface area (TPSA) is 97.1 Å². The lowest BCUT2D eigenvalue weighted by Gasteiger charge is -2.26. The molecule has 2 N–H and O–H groups in total. The van der Waals surface area contributed by atoms with Crippen LogP contribution in [0.4, 0.5) is 0 Å². The van der Waals surface area contributed by atoms with Crippen molar-refractivity contribution in [1.82, 2.24) is 20.3 Å². The molecule has 1 aromatic carbocycles. The summed E-state index contributed by atoms with van der Waals surface area (Å²) < 4.78 is 2.89. The van der Waals surface area contributed by atoms with Gasteiger partial charge >= 0.3 is 5.97 Å². The summed E-state index contributed by atoms with van der Waals surface area (Å²) in [7, 11) is 0. The second-order valence-corrected chi connectivity index (χ2v) is 9.60. The summed E-state index contributed by atoms with van der Waals surface area (Å²) in [6.45, 7) is 2.68. The van der Waals surface area contributed by atoms with E-state index in [0.29, 0.717) is 13.0 Å². The first kappa shape index (κ1) is 21.5. The van der Waals surface area contributed by atoms with Gasteiger partial charge in [0, 0.05) is 22.3 Å². The number of aryl methyl sites for hydroxylation is 2. The summed E-state index contributed by atoms with van der Waals surface area (Å²) in [5.41, 5.74) is 1.66. The average Bonchev–Trinajstić information content (AvgIpc) is 3.39. The molecule has 0 saturated heterocycles. The number of aromatic nitrogens is 3. The quantitative estimate of drug-likeness (QED) is 0.507. The first-order valence-electron chi connectivity index (χ1n) is 10.9. The Labute approximate surface area is 185 Å². The van der Waals surface area contributed by atoms with Crippen molar-refractivity contribution in [3.05, 3.63) is 46.6 Å². The van der Waals surface area contributed by atoms with Gasteiger partial charge in [0.15, 0.2) is 0 Å². The fourth-order valence-electron chi connectivity index (χ4n) is 4.33. The standard InChI is InChI=1S/C23H28N4O3S/c1-15-12-16-6-5-10-20(21(16)31-15)22(28)24-11-3-2-8-18-14-27(26-25-18)19-9-4-7-17(13-19)23(29)30/h5-6,10,12,14,17,19H,2-4,7-9,11,13H2,1H3,(H,24,28)(H,29,30). The van der Waals surface area contributed by atoms with E-state index in [2.05, 4.69) is 28.6 Å². The van der Waals surface area contributed by atoms with Gasteiger partial charge in [0.05, 0.1) is 23.2 Å². The molecule has 7 nitrogen and oxygen atoms in total. The Balaban J connectivity index is 1.22. The van der Waals surface area contributed by atoms with E-state index in [1.54, 1.807) is 11.3 Å². The molecule has 2 aromatic heterocycles. The van der Waals surface area contributed by atoms with Crippen molar-refractivity contribution < 1.29 is 14.7 Å². The van der Waals surface area contributed by atoms with Crippen molar-refractivity contribution in [1.29, 1.82) is 0 Å². The number of nitrogens with zero attached hydrogens (tertiary/aromatic N) is 3. The molecule has 3 aromatic rings. The Morgan fingerprint density at radius 3 is 3.00 bits per heavy atom. The molecule has 1 aliphatic carbocycles. The molecule has 8 heteroatoms. The minimum atomic E-state index is -0.711. The van der Waals surface area contributed by atoms with Crippen LogP contribution >= 0.6 is 11.3 Å². The summed E-state index contributed by atoms with van der Waals surface area (Å²) in [6.07, 6.45) is 7.76. The maximum absolute atomic E-state index is 12.6. The number of benzene rings is 1. The van der Waals surface area contributed by atoms with Crippen molar-refractivity contribution in [3.63, 3.8) is 0 Å². The molecule has 164 valence electrons. The lowest BCUT2D eigenvalue weighted by atomic mass is 9.86. The number of rotatable bonds is 8. The van der Waals surface area contributed by atoms with Gasteiger partial charge < -0.3 is 10.4 Å². The third kappa shape index (κ3) is 5.12. The highest BCUT2D eigenvalue weighted by atomic mass is 32.1. The van der Waals surface area contributed by atoms with Crippen LogP contribution in [0.2, 0.25) is 0 Å². The zero-order chi connectivity index (χ0) is 21.8. The number of fused-ring (bicyclic) bond motifs is 1. The number of hydrogen-bond acceptors (Lipinski definition) is 5. The number of amides is 1. The third-order valence-corrected chi connectivity index (χ3v) is 7.08. The van der Waals surface area contributed by atoms with E-state index in [-0.39, 0.29) is 17.9 Å². The minimum Gasteiger partial charge on any atom is -0.481 e. The molecule has 0 aliphatic heterocycles. The van der Waals surface area contributed by atoms with Crippen molar-refractivity contribution in [3.8, 4) is 0 Å². The molecule has 2 atom stereocenters. The molecule has 2 unspecified atom stereocenters. The van der Waals surface area contributed by atoms with Gasteiger partial charge in [-0.15, -0.1) is 16.4 Å². The van der Waals surface area contributed by atoms with E-state index >= 15 is 0 Å². The zero-order valence-corrected chi connectivity index (χ0v) is 18.5. The molecule has 2 heterocycles. The van der Waals surface area contributed by atoms with Crippen LogP contribution in [0.3, 0.4) is 0 Å². The summed E-state index contributed by atoms with van der Waals surface area (Å²) in [4.78, 5) is 25.1. The molecule has 1 fully saturated rings. The number of aliphatic carboxylic acids is 1. The van der Waals surface area contributed by atoms with E-state index < -0.39 is 5.97 Å². The minimum absolute atomic E-state index is 0.0244. The van der Waals surface area contributed by atoms with E-state index in [1.807, 2.05) is 29.1 Å². The van der Waals surface area contributed by atoms with Crippen LogP contribution in [0.25, 0.3) is 10.1 Å². The number of thiophene rings is 1. The second-order valence-electron chi connectivity index (χ2n) is 8.34. The Bertz CT molecular complexity index is 1070. The van der Waals surface area contributed by atoms with Gasteiger partial charge in [-0.25, -0.2) is 4.68 Å². The van der Waals surface area contributed by atoms with Crippen molar-refractivity contribution in [2.24, 2.45) is 5.92 Å². The Kier molecular flexibility index (Phi) is 6.65. The molecule has 0 bridgehead atoms. The number of unbranched alkanes of at least 4 members (excludes halogenated alkanes) is 1. The van der Waals surface area contributed by atoms with Crippen LogP contribution in [0.15, 0.2) is 30.5 Å². The highest BCUT2D eigenvalue weighted by molar-refractivity contribution is 7.19. The molecule has 1 amide bonds. The zero-order valence-electron chi connectivity index (χ0n) is 17.7. The van der Waals surface area contributed by atoms with Crippen LogP contribution in [0, 0.1) is 12.8 Å². The van der Waals surface area contributed by atoms with Gasteiger partial charge in [0.1, 0.15) is 0 Å². The summed E-state index contributed by atoms with van der Waals surface area (Å²) >= 11 is 1.65. The normalized spacial score (nSPS) is 18.9. The lowest BCUT2D eigenvalue weighted by molar-refractivity contribution is -0.143. The van der Waals surface area contributed by atoms with Gasteiger partial charge in [-0.05, 0) is 63.0 Å². The van der Waals surface area contributed by atoms with Crippen LogP contribution in [-0.4, -0.2) is 38.5 Å². The molecule has 31 heavy (non-hydrogen) atoms. The SMILES string of the molecule is Cc1cc2cccc(C(=O)NCCCCc3cn(C4CCCC(C(=O)O)C4)nn3)c2s1. The van der Waals surface area contributed by atoms with Crippen LogP contribution in [0.1, 0.15) is 65.5 Å². The van der Waals surface area contributed by atoms with Crippen LogP contribution < -0.4 is 5.32 Å². The summed E-state index contributed by atoms with van der Waals surface area (Å²) in [5, 5.41) is 21.9. The van der Waals surface area contributed by atoms with Gasteiger partial charge in [-0.3, -0.25) is 9.59 Å². The third-order valence-electron chi connectivity index (χ3n) is 5.98. The number of carbonyl (C=O) groups excluding carboxylic acids is 1. The maximum atomic E-state index is 12.6. The molecular weight excluding hydrogens is 412 g/mol. The predicted molar refractivity (Wildman–Crippen MR) is 120 cm³/mol. The van der Waals surface area contributed by atoms with Gasteiger partial charge in [-0.1, -0.05) is 23.8 Å². The fraction of sp³-hybridized carbons (Fsp3) is 0.478. The molecule has 1 aliphatic rings. The lowest BCUT2D eigenvalue weighted by Crippen LogP contribution is -2.25. The van der Waals surface area contributed by atoms with Crippen LogP contribution in [0.5, 0.6) is 0 Å². The molecular formula is C23H28N4O3S. The van der Waals surface area contributed by atoms with Crippen molar-refractivity contribution in [2.75, 3.05) is 6.54 Å². The van der Waals surface area contributed by atoms with Gasteiger partial charge in [0.25, 0.3) is 5.91 Å². The highest BCUT2D eigenvalue weighted by Gasteiger charge is 2.28. The maximum Gasteiger partial charge on any atom is 0.306 e. The number of carboxylic acid groups (broad SMARTS) is 1. The summed E-state index contributed by atoms with van der Waals surface area (Å²) in [5.74, 6) is -1.01. The number of carboxylic acids is 1. The molecule has 0 radical (unpaired) electrons. The van der Waals surface area contributed by atoms with Crippen molar-refractivity contribution in [2.45, 2.75) is 57.9 Å². The number of hydrogen-bond donors (Lipinski definition) is 2. The molecule has 0 spiro atoms. The van der Waals surface area contributed by atoms with Crippen molar-refractivity contribution >= 4 is 33.3 Å². The van der Waals surface area contributed by atoms with Gasteiger partial charge in [-0.2, -0.15) is 0 Å². The molecule has 4 rings (SSSR count). The monoisotopic (exact) mass is 440 g/mol. The number of carbonyl (C=O) groups is 2. The largest absolute Gasteiger partial charge is 0.481 e. The van der Waals surface area contributed by atoms with Gasteiger partial charge in [0.2, 0.25) is 0 Å². The van der Waals surface area contributed by atoms with E-state index in [9.17, 15) is 14.7 Å². The highest BCUT2D eigenvalue weighted by Crippen LogP contribution is 2.32. The Morgan fingerprint density at radius 2 is 2.16 bits per heavy atom. The van der Waals surface area contributed by atoms with E-state index in [4.69, 9.17) is 0 Å². The predicted octanol–water partition coefficient (Wildman–Crippen LogP) is 4.37.